The van der Waals surface area contributed by atoms with E-state index in [2.05, 4.69) is 39.4 Å². The first-order valence-electron chi connectivity index (χ1n) is 13.5. The summed E-state index contributed by atoms with van der Waals surface area (Å²) in [7, 11) is 0. The molecule has 1 amide bonds. The SMILES string of the molecule is Cc1cc2c(cc1C(=O)N1Cc3ccccc3C1)[nH]c(=O)c1nnc([C@@H]3CCC[C@@H]3OCc3ccccc3)n12. The highest BCUT2D eigenvalue weighted by molar-refractivity contribution is 5.99. The number of rotatable bonds is 5. The van der Waals surface area contributed by atoms with Gasteiger partial charge in [0.1, 0.15) is 5.82 Å². The number of aromatic amines is 1. The molecule has 8 heteroatoms. The number of hydrogen-bond acceptors (Lipinski definition) is 5. The Bertz CT molecular complexity index is 1750. The van der Waals surface area contributed by atoms with Gasteiger partial charge in [-0.15, -0.1) is 10.2 Å². The molecule has 1 aliphatic heterocycles. The molecule has 1 saturated carbocycles. The van der Waals surface area contributed by atoms with Crippen LogP contribution in [0, 0.1) is 6.92 Å². The topological polar surface area (TPSA) is 92.6 Å². The summed E-state index contributed by atoms with van der Waals surface area (Å²) in [5.41, 5.74) is 6.24. The van der Waals surface area contributed by atoms with Crippen LogP contribution in [0.2, 0.25) is 0 Å². The molecule has 3 heterocycles. The molecule has 0 bridgehead atoms. The molecule has 2 aliphatic rings. The number of hydrogen-bond donors (Lipinski definition) is 1. The molecule has 1 aliphatic carbocycles. The van der Waals surface area contributed by atoms with Gasteiger partial charge in [0, 0.05) is 24.6 Å². The monoisotopic (exact) mass is 519 g/mol. The number of carbonyl (C=O) groups is 1. The predicted octanol–water partition coefficient (Wildman–Crippen LogP) is 4.89. The molecule has 0 radical (unpaired) electrons. The first-order chi connectivity index (χ1) is 19.1. The molecule has 0 spiro atoms. The summed E-state index contributed by atoms with van der Waals surface area (Å²) in [6.45, 7) is 3.65. The minimum Gasteiger partial charge on any atom is -0.373 e. The van der Waals surface area contributed by atoms with Crippen LogP contribution in [-0.4, -0.2) is 36.5 Å². The number of fused-ring (bicyclic) bond motifs is 4. The number of nitrogens with zero attached hydrogens (tertiary/aromatic N) is 4. The Morgan fingerprint density at radius 3 is 2.51 bits per heavy atom. The summed E-state index contributed by atoms with van der Waals surface area (Å²) in [5, 5.41) is 8.78. The lowest BCUT2D eigenvalue weighted by Crippen LogP contribution is -2.26. The molecule has 1 N–H and O–H groups in total. The number of aromatic nitrogens is 4. The number of benzene rings is 3. The van der Waals surface area contributed by atoms with Crippen molar-refractivity contribution in [2.75, 3.05) is 0 Å². The highest BCUT2D eigenvalue weighted by atomic mass is 16.5. The quantitative estimate of drug-likeness (QED) is 0.357. The van der Waals surface area contributed by atoms with Crippen LogP contribution in [0.25, 0.3) is 16.7 Å². The van der Waals surface area contributed by atoms with Gasteiger partial charge in [0.25, 0.3) is 11.5 Å². The van der Waals surface area contributed by atoms with Crippen LogP contribution in [0.15, 0.2) is 71.5 Å². The summed E-state index contributed by atoms with van der Waals surface area (Å²) in [5.74, 6) is 0.726. The second-order valence-corrected chi connectivity index (χ2v) is 10.7. The fraction of sp³-hybridized carbons (Fsp3) is 0.290. The van der Waals surface area contributed by atoms with Gasteiger partial charge in [0.2, 0.25) is 5.65 Å². The maximum absolute atomic E-state index is 13.6. The second-order valence-electron chi connectivity index (χ2n) is 10.7. The van der Waals surface area contributed by atoms with Gasteiger partial charge < -0.3 is 14.6 Å². The Morgan fingerprint density at radius 2 is 1.74 bits per heavy atom. The lowest BCUT2D eigenvalue weighted by atomic mass is 10.0. The molecule has 39 heavy (non-hydrogen) atoms. The van der Waals surface area contributed by atoms with Crippen molar-refractivity contribution < 1.29 is 9.53 Å². The van der Waals surface area contributed by atoms with Gasteiger partial charge in [-0.2, -0.15) is 0 Å². The average Bonchev–Trinajstić information content (AvgIpc) is 3.70. The van der Waals surface area contributed by atoms with E-state index < -0.39 is 0 Å². The van der Waals surface area contributed by atoms with Crippen LogP contribution in [0.4, 0.5) is 0 Å². The van der Waals surface area contributed by atoms with Crippen LogP contribution in [-0.2, 0) is 24.4 Å². The van der Waals surface area contributed by atoms with Crippen molar-refractivity contribution in [2.45, 2.75) is 57.9 Å². The van der Waals surface area contributed by atoms with Gasteiger partial charge in [-0.3, -0.25) is 14.0 Å². The number of aryl methyl sites for hydroxylation is 1. The minimum absolute atomic E-state index is 0.00862. The molecule has 196 valence electrons. The molecule has 2 atom stereocenters. The van der Waals surface area contributed by atoms with Crippen LogP contribution in [0.3, 0.4) is 0 Å². The smallest absolute Gasteiger partial charge is 0.294 e. The van der Waals surface area contributed by atoms with Gasteiger partial charge in [0.15, 0.2) is 0 Å². The highest BCUT2D eigenvalue weighted by Crippen LogP contribution is 2.37. The fourth-order valence-electron chi connectivity index (χ4n) is 6.15. The lowest BCUT2D eigenvalue weighted by Gasteiger charge is -2.20. The Kier molecular flexibility index (Phi) is 5.77. The van der Waals surface area contributed by atoms with E-state index in [1.165, 1.54) is 11.1 Å². The lowest BCUT2D eigenvalue weighted by molar-refractivity contribution is 0.0326. The third-order valence-corrected chi connectivity index (χ3v) is 8.17. The van der Waals surface area contributed by atoms with Gasteiger partial charge >= 0.3 is 0 Å². The summed E-state index contributed by atoms with van der Waals surface area (Å²) in [6.07, 6.45) is 2.87. The van der Waals surface area contributed by atoms with Gasteiger partial charge in [0.05, 0.1) is 23.7 Å². The van der Waals surface area contributed by atoms with E-state index in [0.717, 1.165) is 41.7 Å². The van der Waals surface area contributed by atoms with Crippen LogP contribution >= 0.6 is 0 Å². The molecule has 3 aromatic carbocycles. The van der Waals surface area contributed by atoms with Gasteiger partial charge in [-0.25, -0.2) is 0 Å². The van der Waals surface area contributed by atoms with Crippen molar-refractivity contribution in [3.8, 4) is 0 Å². The van der Waals surface area contributed by atoms with Crippen molar-refractivity contribution >= 4 is 22.6 Å². The van der Waals surface area contributed by atoms with E-state index in [9.17, 15) is 9.59 Å². The van der Waals surface area contributed by atoms with Crippen molar-refractivity contribution in [3.63, 3.8) is 0 Å². The average molecular weight is 520 g/mol. The zero-order chi connectivity index (χ0) is 26.5. The number of nitrogens with one attached hydrogen (secondary N) is 1. The molecule has 7 rings (SSSR count). The Hall–Kier alpha value is -4.30. The third-order valence-electron chi connectivity index (χ3n) is 8.17. The zero-order valence-electron chi connectivity index (χ0n) is 21.8. The van der Waals surface area contributed by atoms with E-state index in [1.54, 1.807) is 6.07 Å². The van der Waals surface area contributed by atoms with Gasteiger partial charge in [-0.1, -0.05) is 61.0 Å². The van der Waals surface area contributed by atoms with Crippen molar-refractivity contribution in [2.24, 2.45) is 0 Å². The second kappa shape index (κ2) is 9.47. The molecular weight excluding hydrogens is 490 g/mol. The highest BCUT2D eigenvalue weighted by Gasteiger charge is 2.34. The molecule has 0 unspecified atom stereocenters. The molecule has 8 nitrogen and oxygen atoms in total. The van der Waals surface area contributed by atoms with E-state index in [-0.39, 0.29) is 29.1 Å². The molecule has 0 saturated heterocycles. The third kappa shape index (κ3) is 4.12. The molecule has 2 aromatic heterocycles. The number of H-pyrrole nitrogens is 1. The standard InChI is InChI=1S/C31H29N5O3/c1-19-14-26-25(15-24(19)31(38)35-16-21-10-5-6-11-22(21)17-35)32-30(37)29-34-33-28(36(26)29)23-12-7-13-27(23)39-18-20-8-3-2-4-9-20/h2-6,8-11,14-15,23,27H,7,12-13,16-18H2,1H3,(H,32,37)/t23-,27+/m1/s1. The van der Waals surface area contributed by atoms with E-state index in [0.29, 0.717) is 30.8 Å². The first-order valence-corrected chi connectivity index (χ1v) is 13.5. The molecule has 5 aromatic rings. The van der Waals surface area contributed by atoms with Crippen LogP contribution < -0.4 is 5.56 Å². The normalized spacial score (nSPS) is 18.7. The van der Waals surface area contributed by atoms with E-state index >= 15 is 0 Å². The Morgan fingerprint density at radius 1 is 1.00 bits per heavy atom. The summed E-state index contributed by atoms with van der Waals surface area (Å²) in [4.78, 5) is 31.4. The van der Waals surface area contributed by atoms with Crippen molar-refractivity contribution in [1.82, 2.24) is 24.5 Å². The minimum atomic E-state index is -0.322. The summed E-state index contributed by atoms with van der Waals surface area (Å²) in [6, 6.07) is 22.1. The maximum atomic E-state index is 13.6. The first kappa shape index (κ1) is 23.8. The van der Waals surface area contributed by atoms with Gasteiger partial charge in [-0.05, 0) is 54.2 Å². The Labute approximate surface area is 225 Å². The largest absolute Gasteiger partial charge is 0.373 e. The Balaban J connectivity index is 1.24. The van der Waals surface area contributed by atoms with Crippen LogP contribution in [0.1, 0.15) is 63.6 Å². The van der Waals surface area contributed by atoms with Crippen LogP contribution in [0.5, 0.6) is 0 Å². The van der Waals surface area contributed by atoms with Crippen molar-refractivity contribution in [1.29, 1.82) is 0 Å². The van der Waals surface area contributed by atoms with E-state index in [4.69, 9.17) is 4.74 Å². The number of amides is 1. The fourth-order valence-corrected chi connectivity index (χ4v) is 6.15. The summed E-state index contributed by atoms with van der Waals surface area (Å²) >= 11 is 0. The van der Waals surface area contributed by atoms with E-state index in [1.807, 2.05) is 52.6 Å². The number of carbonyl (C=O) groups excluding carboxylic acids is 1. The molecule has 1 fully saturated rings. The zero-order valence-corrected chi connectivity index (χ0v) is 21.8. The van der Waals surface area contributed by atoms with Crippen molar-refractivity contribution in [3.05, 3.63) is 111 Å². The molecular formula is C31H29N5O3. The number of ether oxygens (including phenoxy) is 1. The summed E-state index contributed by atoms with van der Waals surface area (Å²) < 4.78 is 8.23. The predicted molar refractivity (Wildman–Crippen MR) is 147 cm³/mol. The maximum Gasteiger partial charge on any atom is 0.294 e.